The molecule has 3 aromatic carbocycles. The number of carbonyl (C=O) groups excluding carboxylic acids is 1. The van der Waals surface area contributed by atoms with Crippen molar-refractivity contribution in [2.75, 3.05) is 0 Å². The van der Waals surface area contributed by atoms with E-state index in [0.29, 0.717) is 12.2 Å². The molecule has 0 unspecified atom stereocenters. The molecule has 0 saturated carbocycles. The van der Waals surface area contributed by atoms with Gasteiger partial charge in [0.05, 0.1) is 5.56 Å². The molecule has 0 bridgehead atoms. The maximum absolute atomic E-state index is 11.6. The number of benzene rings is 3. The highest BCUT2D eigenvalue weighted by atomic mass is 16.5. The minimum Gasteiger partial charge on any atom is -0.457 e. The smallest absolute Gasteiger partial charge is 0.338 e. The van der Waals surface area contributed by atoms with E-state index in [2.05, 4.69) is 39.0 Å². The highest BCUT2D eigenvalue weighted by molar-refractivity contribution is 5.89. The van der Waals surface area contributed by atoms with E-state index in [1.54, 1.807) is 12.1 Å². The van der Waals surface area contributed by atoms with Crippen LogP contribution in [0.2, 0.25) is 0 Å². The fraction of sp³-hybridized carbons (Fsp3) is 0.174. The van der Waals surface area contributed by atoms with Crippen molar-refractivity contribution in [2.45, 2.75) is 27.4 Å². The normalized spacial score (nSPS) is 9.72. The first-order valence-corrected chi connectivity index (χ1v) is 8.36. The summed E-state index contributed by atoms with van der Waals surface area (Å²) in [6.45, 7) is 6.71. The van der Waals surface area contributed by atoms with Crippen LogP contribution >= 0.6 is 0 Å². The molecule has 2 nitrogen and oxygen atoms in total. The van der Waals surface area contributed by atoms with Crippen molar-refractivity contribution in [2.24, 2.45) is 0 Å². The number of rotatable bonds is 3. The van der Waals surface area contributed by atoms with Crippen molar-refractivity contribution in [3.8, 4) is 0 Å². The summed E-state index contributed by atoms with van der Waals surface area (Å²) in [4.78, 5) is 11.6. The van der Waals surface area contributed by atoms with E-state index in [9.17, 15) is 4.79 Å². The summed E-state index contributed by atoms with van der Waals surface area (Å²) in [5.74, 6) is -0.288. The molecule has 25 heavy (non-hydrogen) atoms. The fourth-order valence-electron chi connectivity index (χ4n) is 2.27. The number of esters is 1. The monoisotopic (exact) mass is 332 g/mol. The van der Waals surface area contributed by atoms with Crippen molar-refractivity contribution < 1.29 is 9.53 Å². The Balaban J connectivity index is 0.000000212. The second kappa shape index (κ2) is 9.43. The summed E-state index contributed by atoms with van der Waals surface area (Å²) in [6, 6.07) is 25.1. The molecule has 0 amide bonds. The molecule has 3 aromatic rings. The molecule has 0 heterocycles. The molecule has 0 atom stereocenters. The predicted molar refractivity (Wildman–Crippen MR) is 103 cm³/mol. The Labute approximate surface area is 150 Å². The van der Waals surface area contributed by atoms with Gasteiger partial charge < -0.3 is 4.74 Å². The predicted octanol–water partition coefficient (Wildman–Crippen LogP) is 5.66. The third kappa shape index (κ3) is 6.27. The summed E-state index contributed by atoms with van der Waals surface area (Å²) >= 11 is 0. The van der Waals surface area contributed by atoms with Gasteiger partial charge in [-0.05, 0) is 49.6 Å². The maximum atomic E-state index is 11.6. The molecule has 0 spiro atoms. The zero-order valence-electron chi connectivity index (χ0n) is 15.0. The van der Waals surface area contributed by atoms with E-state index in [-0.39, 0.29) is 5.97 Å². The van der Waals surface area contributed by atoms with Gasteiger partial charge in [-0.1, -0.05) is 72.3 Å². The molecule has 128 valence electrons. The van der Waals surface area contributed by atoms with Crippen LogP contribution in [0.25, 0.3) is 0 Å². The molecule has 0 radical (unpaired) electrons. The van der Waals surface area contributed by atoms with Gasteiger partial charge in [0.25, 0.3) is 0 Å². The minimum absolute atomic E-state index is 0.288. The molecule has 0 fully saturated rings. The van der Waals surface area contributed by atoms with Crippen LogP contribution in [0.15, 0.2) is 78.9 Å². The van der Waals surface area contributed by atoms with Gasteiger partial charge in [-0.25, -0.2) is 4.79 Å². The molecule has 0 saturated heterocycles. The first-order chi connectivity index (χ1) is 12.1. The molecule has 0 aliphatic carbocycles. The van der Waals surface area contributed by atoms with Gasteiger partial charge in [0, 0.05) is 0 Å². The van der Waals surface area contributed by atoms with Crippen molar-refractivity contribution >= 4 is 5.97 Å². The highest BCUT2D eigenvalue weighted by Gasteiger charge is 2.05. The van der Waals surface area contributed by atoms with Crippen LogP contribution in [0.4, 0.5) is 0 Å². The third-order valence-electron chi connectivity index (χ3n) is 3.88. The zero-order valence-corrected chi connectivity index (χ0v) is 15.0. The lowest BCUT2D eigenvalue weighted by molar-refractivity contribution is 0.0472. The second-order valence-corrected chi connectivity index (χ2v) is 6.02. The van der Waals surface area contributed by atoms with Crippen LogP contribution in [0.3, 0.4) is 0 Å². The topological polar surface area (TPSA) is 26.3 Å². The summed E-state index contributed by atoms with van der Waals surface area (Å²) in [6.07, 6.45) is 0. The fourth-order valence-corrected chi connectivity index (χ4v) is 2.27. The Morgan fingerprint density at radius 3 is 1.92 bits per heavy atom. The summed E-state index contributed by atoms with van der Waals surface area (Å²) < 4.78 is 5.18. The van der Waals surface area contributed by atoms with Gasteiger partial charge in [0.2, 0.25) is 0 Å². The first kappa shape index (κ1) is 18.5. The molecule has 0 aliphatic heterocycles. The van der Waals surface area contributed by atoms with Crippen LogP contribution in [0.5, 0.6) is 0 Å². The third-order valence-corrected chi connectivity index (χ3v) is 3.88. The van der Waals surface area contributed by atoms with Gasteiger partial charge >= 0.3 is 5.97 Å². The van der Waals surface area contributed by atoms with E-state index in [1.807, 2.05) is 48.5 Å². The zero-order chi connectivity index (χ0) is 18.1. The van der Waals surface area contributed by atoms with Gasteiger partial charge in [-0.3, -0.25) is 0 Å². The lowest BCUT2D eigenvalue weighted by Crippen LogP contribution is -2.04. The van der Waals surface area contributed by atoms with Crippen LogP contribution < -0.4 is 0 Å². The molecule has 2 heteroatoms. The number of hydrogen-bond acceptors (Lipinski definition) is 2. The van der Waals surface area contributed by atoms with E-state index in [1.165, 1.54) is 16.7 Å². The van der Waals surface area contributed by atoms with Gasteiger partial charge in [-0.15, -0.1) is 0 Å². The summed E-state index contributed by atoms with van der Waals surface area (Å²) in [5, 5.41) is 0. The Hall–Kier alpha value is -2.87. The Kier molecular flexibility index (Phi) is 6.97. The SMILES string of the molecule is Cc1ccc(C)c(C)c1.O=C(OCc1ccccc1)c1ccccc1. The minimum atomic E-state index is -0.288. The van der Waals surface area contributed by atoms with Crippen molar-refractivity contribution in [1.82, 2.24) is 0 Å². The maximum Gasteiger partial charge on any atom is 0.338 e. The lowest BCUT2D eigenvalue weighted by Gasteiger charge is -2.04. The average Bonchev–Trinajstić information content (AvgIpc) is 2.65. The Bertz CT molecular complexity index is 793. The molecule has 0 N–H and O–H groups in total. The van der Waals surface area contributed by atoms with Crippen molar-refractivity contribution in [3.63, 3.8) is 0 Å². The second-order valence-electron chi connectivity index (χ2n) is 6.02. The van der Waals surface area contributed by atoms with Crippen LogP contribution in [-0.2, 0) is 11.3 Å². The standard InChI is InChI=1S/C14H12O2.C9H12/c15-14(13-9-5-2-6-10-13)16-11-12-7-3-1-4-8-12;1-7-4-5-8(2)9(3)6-7/h1-10H,11H2;4-6H,1-3H3. The molecule has 0 aliphatic rings. The van der Waals surface area contributed by atoms with E-state index in [4.69, 9.17) is 4.74 Å². The Morgan fingerprint density at radius 1 is 0.760 bits per heavy atom. The Morgan fingerprint density at radius 2 is 1.36 bits per heavy atom. The van der Waals surface area contributed by atoms with Gasteiger partial charge in [-0.2, -0.15) is 0 Å². The number of carbonyl (C=O) groups is 1. The molecular weight excluding hydrogens is 308 g/mol. The largest absolute Gasteiger partial charge is 0.457 e. The highest BCUT2D eigenvalue weighted by Crippen LogP contribution is 2.08. The average molecular weight is 332 g/mol. The number of aryl methyl sites for hydroxylation is 3. The van der Waals surface area contributed by atoms with Gasteiger partial charge in [0.15, 0.2) is 0 Å². The van der Waals surface area contributed by atoms with Crippen molar-refractivity contribution in [3.05, 3.63) is 107 Å². The van der Waals surface area contributed by atoms with E-state index < -0.39 is 0 Å². The van der Waals surface area contributed by atoms with Gasteiger partial charge in [0.1, 0.15) is 6.61 Å². The quantitative estimate of drug-likeness (QED) is 0.579. The summed E-state index contributed by atoms with van der Waals surface area (Å²) in [7, 11) is 0. The van der Waals surface area contributed by atoms with E-state index in [0.717, 1.165) is 5.56 Å². The van der Waals surface area contributed by atoms with Crippen LogP contribution in [-0.4, -0.2) is 5.97 Å². The van der Waals surface area contributed by atoms with E-state index >= 15 is 0 Å². The number of hydrogen-bond donors (Lipinski definition) is 0. The molecule has 0 aromatic heterocycles. The lowest BCUT2D eigenvalue weighted by atomic mass is 10.1. The number of ether oxygens (including phenoxy) is 1. The van der Waals surface area contributed by atoms with Crippen LogP contribution in [0.1, 0.15) is 32.6 Å². The first-order valence-electron chi connectivity index (χ1n) is 8.36. The molecular formula is C23H24O2. The van der Waals surface area contributed by atoms with Crippen LogP contribution in [0, 0.1) is 20.8 Å². The summed E-state index contributed by atoms with van der Waals surface area (Å²) in [5.41, 5.74) is 5.68. The molecule has 3 rings (SSSR count). The van der Waals surface area contributed by atoms with Crippen molar-refractivity contribution in [1.29, 1.82) is 0 Å².